The van der Waals surface area contributed by atoms with Crippen LogP contribution in [0.1, 0.15) is 58.3 Å². The van der Waals surface area contributed by atoms with E-state index < -0.39 is 5.60 Å². The highest BCUT2D eigenvalue weighted by Gasteiger charge is 2.29. The monoisotopic (exact) mass is 268 g/mol. The fourth-order valence-electron chi connectivity index (χ4n) is 3.41. The van der Waals surface area contributed by atoms with Crippen molar-refractivity contribution >= 4 is 5.91 Å². The predicted molar refractivity (Wildman–Crippen MR) is 75.6 cm³/mol. The molecule has 0 radical (unpaired) electrons. The van der Waals surface area contributed by atoms with E-state index in [0.717, 1.165) is 45.1 Å². The van der Waals surface area contributed by atoms with E-state index in [2.05, 4.69) is 0 Å². The van der Waals surface area contributed by atoms with Gasteiger partial charge in [0.15, 0.2) is 0 Å². The van der Waals surface area contributed by atoms with Crippen LogP contribution in [0.25, 0.3) is 0 Å². The van der Waals surface area contributed by atoms with Crippen LogP contribution < -0.4 is 5.73 Å². The highest BCUT2D eigenvalue weighted by atomic mass is 16.3. The van der Waals surface area contributed by atoms with Gasteiger partial charge >= 0.3 is 0 Å². The van der Waals surface area contributed by atoms with Crippen LogP contribution in [0, 0.1) is 5.92 Å². The Morgan fingerprint density at radius 1 is 1.32 bits per heavy atom. The smallest absolute Gasteiger partial charge is 0.222 e. The van der Waals surface area contributed by atoms with E-state index in [1.54, 1.807) is 0 Å². The van der Waals surface area contributed by atoms with Crippen LogP contribution >= 0.6 is 0 Å². The van der Waals surface area contributed by atoms with E-state index in [1.165, 1.54) is 0 Å². The highest BCUT2D eigenvalue weighted by molar-refractivity contribution is 5.76. The zero-order chi connectivity index (χ0) is 13.9. The fraction of sp³-hybridized carbons (Fsp3) is 0.933. The Hall–Kier alpha value is -0.610. The lowest BCUT2D eigenvalue weighted by atomic mass is 9.84. The summed E-state index contributed by atoms with van der Waals surface area (Å²) in [5.41, 5.74) is 5.39. The van der Waals surface area contributed by atoms with Crippen molar-refractivity contribution < 1.29 is 9.90 Å². The first kappa shape index (κ1) is 14.8. The molecule has 3 atom stereocenters. The van der Waals surface area contributed by atoms with Crippen LogP contribution in [0.4, 0.5) is 0 Å². The SMILES string of the molecule is CC1(O)CCCN(C(=O)CC2CCCC(N)C2)CC1. The lowest BCUT2D eigenvalue weighted by molar-refractivity contribution is -0.132. The molecule has 1 aliphatic carbocycles. The van der Waals surface area contributed by atoms with Gasteiger partial charge in [-0.15, -0.1) is 0 Å². The molecule has 4 heteroatoms. The van der Waals surface area contributed by atoms with Crippen molar-refractivity contribution in [3.63, 3.8) is 0 Å². The maximum atomic E-state index is 12.3. The van der Waals surface area contributed by atoms with E-state index >= 15 is 0 Å². The molecular formula is C15H28N2O2. The van der Waals surface area contributed by atoms with E-state index in [4.69, 9.17) is 5.73 Å². The number of likely N-dealkylation sites (tertiary alicyclic amines) is 1. The molecule has 1 saturated heterocycles. The molecular weight excluding hydrogens is 240 g/mol. The summed E-state index contributed by atoms with van der Waals surface area (Å²) in [6, 6.07) is 0.288. The minimum atomic E-state index is -0.595. The Balaban J connectivity index is 1.82. The molecule has 1 amide bonds. The molecule has 110 valence electrons. The Bertz CT molecular complexity index is 317. The van der Waals surface area contributed by atoms with Gasteiger partial charge in [0.25, 0.3) is 0 Å². The third kappa shape index (κ3) is 4.46. The summed E-state index contributed by atoms with van der Waals surface area (Å²) < 4.78 is 0. The van der Waals surface area contributed by atoms with Crippen molar-refractivity contribution in [1.82, 2.24) is 4.90 Å². The van der Waals surface area contributed by atoms with E-state index in [-0.39, 0.29) is 11.9 Å². The standard InChI is InChI=1S/C15H28N2O2/c1-15(19)6-3-8-17(9-7-15)14(18)11-12-4-2-5-13(16)10-12/h12-13,19H,2-11,16H2,1H3. The minimum Gasteiger partial charge on any atom is -0.390 e. The second-order valence-electron chi connectivity index (χ2n) is 6.73. The van der Waals surface area contributed by atoms with Gasteiger partial charge in [-0.2, -0.15) is 0 Å². The number of hydrogen-bond donors (Lipinski definition) is 2. The molecule has 2 fully saturated rings. The first-order valence-corrected chi connectivity index (χ1v) is 7.72. The summed E-state index contributed by atoms with van der Waals surface area (Å²) in [7, 11) is 0. The van der Waals surface area contributed by atoms with Gasteiger partial charge in [-0.1, -0.05) is 6.42 Å². The van der Waals surface area contributed by atoms with Gasteiger partial charge in [-0.25, -0.2) is 0 Å². The van der Waals surface area contributed by atoms with Crippen LogP contribution in [-0.4, -0.2) is 40.6 Å². The Morgan fingerprint density at radius 3 is 2.84 bits per heavy atom. The molecule has 4 nitrogen and oxygen atoms in total. The molecule has 1 saturated carbocycles. The third-order valence-electron chi connectivity index (χ3n) is 4.70. The van der Waals surface area contributed by atoms with Crippen LogP contribution in [0.3, 0.4) is 0 Å². The molecule has 0 aromatic rings. The lowest BCUT2D eigenvalue weighted by Gasteiger charge is -2.29. The van der Waals surface area contributed by atoms with Gasteiger partial charge in [-0.05, 0) is 51.4 Å². The zero-order valence-corrected chi connectivity index (χ0v) is 12.1. The Morgan fingerprint density at radius 2 is 2.11 bits per heavy atom. The first-order valence-electron chi connectivity index (χ1n) is 7.72. The zero-order valence-electron chi connectivity index (χ0n) is 12.1. The van der Waals surface area contributed by atoms with Gasteiger partial charge in [0.1, 0.15) is 0 Å². The summed E-state index contributed by atoms with van der Waals surface area (Å²) in [4.78, 5) is 14.3. The predicted octanol–water partition coefficient (Wildman–Crippen LogP) is 1.66. The fourth-order valence-corrected chi connectivity index (χ4v) is 3.41. The largest absolute Gasteiger partial charge is 0.390 e. The average Bonchev–Trinajstić information content (AvgIpc) is 2.50. The normalized spacial score (nSPS) is 36.9. The second kappa shape index (κ2) is 6.23. The molecule has 0 aromatic heterocycles. The lowest BCUT2D eigenvalue weighted by Crippen LogP contribution is -2.36. The van der Waals surface area contributed by atoms with Crippen molar-refractivity contribution in [2.75, 3.05) is 13.1 Å². The van der Waals surface area contributed by atoms with Crippen molar-refractivity contribution in [3.8, 4) is 0 Å². The second-order valence-corrected chi connectivity index (χ2v) is 6.73. The van der Waals surface area contributed by atoms with Crippen LogP contribution in [0.2, 0.25) is 0 Å². The summed E-state index contributed by atoms with van der Waals surface area (Å²) >= 11 is 0. The number of nitrogens with zero attached hydrogens (tertiary/aromatic N) is 1. The Kier molecular flexibility index (Phi) is 4.85. The number of hydrogen-bond acceptors (Lipinski definition) is 3. The molecule has 3 N–H and O–H groups in total. The summed E-state index contributed by atoms with van der Waals surface area (Å²) in [6.07, 6.45) is 7.46. The number of carbonyl (C=O) groups excluding carboxylic acids is 1. The molecule has 0 bridgehead atoms. The molecule has 0 spiro atoms. The molecule has 1 aliphatic heterocycles. The first-order chi connectivity index (χ1) is 8.96. The maximum Gasteiger partial charge on any atom is 0.222 e. The molecule has 2 rings (SSSR count). The summed E-state index contributed by atoms with van der Waals surface area (Å²) in [5.74, 6) is 0.733. The van der Waals surface area contributed by atoms with Gasteiger partial charge in [0.2, 0.25) is 5.91 Å². The van der Waals surface area contributed by atoms with Crippen molar-refractivity contribution in [2.45, 2.75) is 69.9 Å². The van der Waals surface area contributed by atoms with Gasteiger partial charge in [0.05, 0.1) is 5.60 Å². The van der Waals surface area contributed by atoms with E-state index in [0.29, 0.717) is 25.3 Å². The molecule has 3 unspecified atom stereocenters. The van der Waals surface area contributed by atoms with Gasteiger partial charge in [0, 0.05) is 25.6 Å². The van der Waals surface area contributed by atoms with Gasteiger partial charge in [-0.3, -0.25) is 4.79 Å². The van der Waals surface area contributed by atoms with Crippen molar-refractivity contribution in [2.24, 2.45) is 11.7 Å². The minimum absolute atomic E-state index is 0.261. The van der Waals surface area contributed by atoms with E-state index in [9.17, 15) is 9.90 Å². The van der Waals surface area contributed by atoms with Crippen LogP contribution in [-0.2, 0) is 4.79 Å². The average molecular weight is 268 g/mol. The van der Waals surface area contributed by atoms with Crippen LogP contribution in [0.5, 0.6) is 0 Å². The quantitative estimate of drug-likeness (QED) is 0.800. The molecule has 1 heterocycles. The summed E-state index contributed by atoms with van der Waals surface area (Å²) in [6.45, 7) is 3.37. The third-order valence-corrected chi connectivity index (χ3v) is 4.70. The van der Waals surface area contributed by atoms with Crippen molar-refractivity contribution in [3.05, 3.63) is 0 Å². The number of aliphatic hydroxyl groups is 1. The number of amides is 1. The highest BCUT2D eigenvalue weighted by Crippen LogP contribution is 2.27. The van der Waals surface area contributed by atoms with Crippen LogP contribution in [0.15, 0.2) is 0 Å². The number of nitrogens with two attached hydrogens (primary N) is 1. The maximum absolute atomic E-state index is 12.3. The summed E-state index contributed by atoms with van der Waals surface area (Å²) in [5, 5.41) is 10.1. The van der Waals surface area contributed by atoms with Gasteiger partial charge < -0.3 is 15.7 Å². The number of carbonyl (C=O) groups is 1. The molecule has 2 aliphatic rings. The number of rotatable bonds is 2. The molecule has 19 heavy (non-hydrogen) atoms. The Labute approximate surface area is 116 Å². The van der Waals surface area contributed by atoms with E-state index in [1.807, 2.05) is 11.8 Å². The van der Waals surface area contributed by atoms with Crippen molar-refractivity contribution in [1.29, 1.82) is 0 Å². The molecule has 0 aromatic carbocycles. The topological polar surface area (TPSA) is 66.6 Å².